The van der Waals surface area contributed by atoms with Gasteiger partial charge in [-0.1, -0.05) is 13.3 Å². The van der Waals surface area contributed by atoms with Gasteiger partial charge < -0.3 is 15.0 Å². The monoisotopic (exact) mass is 226 g/mol. The predicted octanol–water partition coefficient (Wildman–Crippen LogP) is 1.49. The third-order valence-corrected chi connectivity index (χ3v) is 4.21. The molecular formula is C13H26N2O. The van der Waals surface area contributed by atoms with Crippen LogP contribution in [0.5, 0.6) is 0 Å². The maximum absolute atomic E-state index is 5.76. The molecule has 2 aliphatic rings. The molecule has 1 heterocycles. The van der Waals surface area contributed by atoms with E-state index in [0.717, 1.165) is 38.2 Å². The van der Waals surface area contributed by atoms with Crippen LogP contribution in [-0.2, 0) is 4.74 Å². The molecule has 0 aromatic rings. The fraction of sp³-hybridized carbons (Fsp3) is 1.00. The first kappa shape index (κ1) is 12.3. The molecule has 2 fully saturated rings. The topological polar surface area (TPSA) is 24.5 Å². The van der Waals surface area contributed by atoms with Crippen molar-refractivity contribution in [2.75, 3.05) is 33.3 Å². The number of likely N-dealkylation sites (N-methyl/N-ethyl adjacent to an activating group) is 1. The summed E-state index contributed by atoms with van der Waals surface area (Å²) in [5, 5.41) is 3.40. The van der Waals surface area contributed by atoms with E-state index in [9.17, 15) is 0 Å². The molecule has 94 valence electrons. The average molecular weight is 226 g/mol. The predicted molar refractivity (Wildman–Crippen MR) is 66.7 cm³/mol. The highest BCUT2D eigenvalue weighted by Gasteiger charge is 2.28. The van der Waals surface area contributed by atoms with Gasteiger partial charge in [0.25, 0.3) is 0 Å². The Balaban J connectivity index is 1.72. The highest BCUT2D eigenvalue weighted by atomic mass is 16.5. The van der Waals surface area contributed by atoms with Crippen LogP contribution in [0.3, 0.4) is 0 Å². The molecule has 0 radical (unpaired) electrons. The van der Waals surface area contributed by atoms with Crippen LogP contribution in [-0.4, -0.2) is 50.3 Å². The summed E-state index contributed by atoms with van der Waals surface area (Å²) in [5.41, 5.74) is 0. The second-order valence-electron chi connectivity index (χ2n) is 5.38. The number of morpholine rings is 1. The normalized spacial score (nSPS) is 35.8. The fourth-order valence-electron chi connectivity index (χ4n) is 3.03. The minimum atomic E-state index is 0.402. The van der Waals surface area contributed by atoms with Crippen LogP contribution >= 0.6 is 0 Å². The van der Waals surface area contributed by atoms with Crippen LogP contribution in [0, 0.1) is 5.92 Å². The highest BCUT2D eigenvalue weighted by Crippen LogP contribution is 2.30. The smallest absolute Gasteiger partial charge is 0.0826 e. The Bertz CT molecular complexity index is 204. The van der Waals surface area contributed by atoms with Crippen molar-refractivity contribution in [1.29, 1.82) is 0 Å². The van der Waals surface area contributed by atoms with Crippen molar-refractivity contribution in [2.45, 2.75) is 44.8 Å². The first-order chi connectivity index (χ1) is 7.79. The molecule has 1 N–H and O–H groups in total. The van der Waals surface area contributed by atoms with E-state index in [1.807, 2.05) is 0 Å². The summed E-state index contributed by atoms with van der Waals surface area (Å²) in [6.45, 7) is 6.33. The van der Waals surface area contributed by atoms with Crippen LogP contribution in [0.4, 0.5) is 0 Å². The molecule has 1 saturated carbocycles. The molecule has 2 rings (SSSR count). The summed E-state index contributed by atoms with van der Waals surface area (Å²) >= 11 is 0. The largest absolute Gasteiger partial charge is 0.374 e. The van der Waals surface area contributed by atoms with E-state index in [2.05, 4.69) is 24.2 Å². The van der Waals surface area contributed by atoms with Crippen LogP contribution in [0.15, 0.2) is 0 Å². The lowest BCUT2D eigenvalue weighted by atomic mass is 10.1. The van der Waals surface area contributed by atoms with Gasteiger partial charge in [0.1, 0.15) is 0 Å². The molecule has 0 bridgehead atoms. The third-order valence-electron chi connectivity index (χ3n) is 4.21. The lowest BCUT2D eigenvalue weighted by Gasteiger charge is -2.31. The third kappa shape index (κ3) is 3.19. The molecule has 3 heteroatoms. The van der Waals surface area contributed by atoms with E-state index in [4.69, 9.17) is 4.74 Å². The molecule has 0 aromatic carbocycles. The molecule has 0 aromatic heterocycles. The second-order valence-corrected chi connectivity index (χ2v) is 5.38. The summed E-state index contributed by atoms with van der Waals surface area (Å²) in [4.78, 5) is 2.52. The minimum absolute atomic E-state index is 0.402. The maximum Gasteiger partial charge on any atom is 0.0826 e. The fourth-order valence-corrected chi connectivity index (χ4v) is 3.03. The standard InChI is InChI=1S/C13H26N2O/c1-3-11-4-5-12(8-11)15(2)10-13-9-14-6-7-16-13/h11-14H,3-10H2,1-2H3. The average Bonchev–Trinajstić information content (AvgIpc) is 2.79. The van der Waals surface area contributed by atoms with Gasteiger partial charge in [0.2, 0.25) is 0 Å². The van der Waals surface area contributed by atoms with Crippen molar-refractivity contribution in [3.63, 3.8) is 0 Å². The van der Waals surface area contributed by atoms with Crippen molar-refractivity contribution in [3.8, 4) is 0 Å². The molecule has 0 spiro atoms. The van der Waals surface area contributed by atoms with Crippen molar-refractivity contribution in [1.82, 2.24) is 10.2 Å². The number of hydrogen-bond donors (Lipinski definition) is 1. The van der Waals surface area contributed by atoms with E-state index in [1.54, 1.807) is 0 Å². The maximum atomic E-state index is 5.76. The summed E-state index contributed by atoms with van der Waals surface area (Å²) < 4.78 is 5.76. The van der Waals surface area contributed by atoms with E-state index in [1.165, 1.54) is 25.7 Å². The van der Waals surface area contributed by atoms with Gasteiger partial charge in [0.15, 0.2) is 0 Å². The van der Waals surface area contributed by atoms with Gasteiger partial charge in [-0.3, -0.25) is 0 Å². The molecule has 16 heavy (non-hydrogen) atoms. The number of hydrogen-bond acceptors (Lipinski definition) is 3. The molecular weight excluding hydrogens is 200 g/mol. The summed E-state index contributed by atoms with van der Waals surface area (Å²) in [6.07, 6.45) is 5.96. The number of nitrogens with one attached hydrogen (secondary N) is 1. The molecule has 3 atom stereocenters. The molecule has 1 aliphatic heterocycles. The molecule has 0 amide bonds. The number of rotatable bonds is 4. The zero-order valence-corrected chi connectivity index (χ0v) is 10.7. The second kappa shape index (κ2) is 5.99. The first-order valence-corrected chi connectivity index (χ1v) is 6.82. The summed E-state index contributed by atoms with van der Waals surface area (Å²) in [6, 6.07) is 0.801. The number of ether oxygens (including phenoxy) is 1. The van der Waals surface area contributed by atoms with Crippen LogP contribution in [0.2, 0.25) is 0 Å². The lowest BCUT2D eigenvalue weighted by molar-refractivity contribution is 0.00301. The van der Waals surface area contributed by atoms with E-state index in [0.29, 0.717) is 6.10 Å². The van der Waals surface area contributed by atoms with Gasteiger partial charge in [0.05, 0.1) is 12.7 Å². The first-order valence-electron chi connectivity index (χ1n) is 6.82. The van der Waals surface area contributed by atoms with Crippen LogP contribution in [0.25, 0.3) is 0 Å². The Morgan fingerprint density at radius 2 is 2.25 bits per heavy atom. The summed E-state index contributed by atoms with van der Waals surface area (Å²) in [7, 11) is 2.26. The van der Waals surface area contributed by atoms with Crippen molar-refractivity contribution in [3.05, 3.63) is 0 Å². The summed E-state index contributed by atoms with van der Waals surface area (Å²) in [5.74, 6) is 0.970. The zero-order valence-electron chi connectivity index (χ0n) is 10.7. The van der Waals surface area contributed by atoms with Crippen molar-refractivity contribution in [2.24, 2.45) is 5.92 Å². The zero-order chi connectivity index (χ0) is 11.4. The van der Waals surface area contributed by atoms with Gasteiger partial charge in [-0.05, 0) is 32.2 Å². The van der Waals surface area contributed by atoms with Crippen molar-refractivity contribution >= 4 is 0 Å². The van der Waals surface area contributed by atoms with Gasteiger partial charge in [-0.25, -0.2) is 0 Å². The van der Waals surface area contributed by atoms with Gasteiger partial charge in [-0.2, -0.15) is 0 Å². The Hall–Kier alpha value is -0.120. The molecule has 1 saturated heterocycles. The van der Waals surface area contributed by atoms with E-state index < -0.39 is 0 Å². The Morgan fingerprint density at radius 1 is 1.38 bits per heavy atom. The minimum Gasteiger partial charge on any atom is -0.374 e. The molecule has 3 nitrogen and oxygen atoms in total. The van der Waals surface area contributed by atoms with E-state index in [-0.39, 0.29) is 0 Å². The van der Waals surface area contributed by atoms with E-state index >= 15 is 0 Å². The van der Waals surface area contributed by atoms with Crippen molar-refractivity contribution < 1.29 is 4.74 Å². The van der Waals surface area contributed by atoms with Crippen LogP contribution in [0.1, 0.15) is 32.6 Å². The number of nitrogens with zero attached hydrogens (tertiary/aromatic N) is 1. The Morgan fingerprint density at radius 3 is 2.88 bits per heavy atom. The SMILES string of the molecule is CCC1CCC(N(C)CC2CNCCO2)C1. The molecule has 3 unspecified atom stereocenters. The van der Waals surface area contributed by atoms with Gasteiger partial charge in [-0.15, -0.1) is 0 Å². The highest BCUT2D eigenvalue weighted by molar-refractivity contribution is 4.83. The quantitative estimate of drug-likeness (QED) is 0.786. The molecule has 1 aliphatic carbocycles. The van der Waals surface area contributed by atoms with Gasteiger partial charge >= 0.3 is 0 Å². The van der Waals surface area contributed by atoms with Crippen LogP contribution < -0.4 is 5.32 Å². The van der Waals surface area contributed by atoms with Gasteiger partial charge in [0, 0.05) is 25.7 Å². The lowest BCUT2D eigenvalue weighted by Crippen LogP contribution is -2.46. The Labute approximate surface area is 99.5 Å². The Kier molecular flexibility index (Phi) is 4.62.